The number of likely N-dealkylation sites (N-methyl/N-ethyl adjacent to an activating group) is 1. The average molecular weight is 350 g/mol. The zero-order valence-corrected chi connectivity index (χ0v) is 14.0. The first-order valence-corrected chi connectivity index (χ1v) is 8.50. The summed E-state index contributed by atoms with van der Waals surface area (Å²) in [5, 5.41) is 5.17. The number of likely N-dealkylation sites (tertiary alicyclic amines) is 1. The number of primary sulfonamides is 1. The highest BCUT2D eigenvalue weighted by Crippen LogP contribution is 2.44. The van der Waals surface area contributed by atoms with Gasteiger partial charge in [-0.25, -0.2) is 22.3 Å². The molecule has 0 aromatic heterocycles. The van der Waals surface area contributed by atoms with Gasteiger partial charge < -0.3 is 14.4 Å². The molecule has 0 amide bonds. The summed E-state index contributed by atoms with van der Waals surface area (Å²) in [5.41, 5.74) is 0.252. The Hall–Kier alpha value is -1.45. The van der Waals surface area contributed by atoms with Crippen LogP contribution in [0.1, 0.15) is 17.9 Å². The fourth-order valence-electron chi connectivity index (χ4n) is 2.78. The van der Waals surface area contributed by atoms with E-state index in [0.717, 1.165) is 0 Å². The maximum atomic E-state index is 14.3. The Balaban J connectivity index is 2.61. The number of nitrogens with two attached hydrogens (primary N) is 1. The molecule has 2 N–H and O–H groups in total. The molecule has 1 aromatic carbocycles. The first kappa shape index (κ1) is 17.9. The molecule has 0 spiro atoms. The molecule has 130 valence electrons. The molecule has 0 radical (unpaired) electrons. The number of sulfonamides is 1. The number of halogens is 2. The smallest absolute Gasteiger partial charge is 0.257 e. The molecule has 23 heavy (non-hydrogen) atoms. The van der Waals surface area contributed by atoms with Crippen LogP contribution in [0.5, 0.6) is 11.5 Å². The summed E-state index contributed by atoms with van der Waals surface area (Å²) in [6.07, 6.45) is -0.268. The number of piperidine rings is 1. The van der Waals surface area contributed by atoms with Gasteiger partial charge in [-0.2, -0.15) is 0 Å². The lowest BCUT2D eigenvalue weighted by Gasteiger charge is -2.37. The van der Waals surface area contributed by atoms with Crippen LogP contribution >= 0.6 is 0 Å². The molecule has 1 aliphatic heterocycles. The number of methoxy groups -OCH3 is 2. The third kappa shape index (κ3) is 3.56. The maximum absolute atomic E-state index is 14.3. The minimum atomic E-state index is -4.12. The topological polar surface area (TPSA) is 81.9 Å². The zero-order chi connectivity index (χ0) is 17.4. The molecule has 1 heterocycles. The molecule has 1 aliphatic rings. The van der Waals surface area contributed by atoms with Crippen LogP contribution in [0.25, 0.3) is 0 Å². The highest BCUT2D eigenvalue weighted by Gasteiger charge is 2.44. The Morgan fingerprint density at radius 3 is 2.22 bits per heavy atom. The molecule has 0 bridgehead atoms. The number of nitrogens with zero attached hydrogens (tertiary/aromatic N) is 1. The lowest BCUT2D eigenvalue weighted by molar-refractivity contribution is -0.0713. The van der Waals surface area contributed by atoms with Gasteiger partial charge >= 0.3 is 0 Å². The third-order valence-corrected chi connectivity index (χ3v) is 4.97. The second-order valence-electron chi connectivity index (χ2n) is 5.63. The molecule has 2 rings (SSSR count). The Labute approximate surface area is 134 Å². The first-order chi connectivity index (χ1) is 10.6. The van der Waals surface area contributed by atoms with Crippen molar-refractivity contribution >= 4 is 10.0 Å². The monoisotopic (exact) mass is 350 g/mol. The quantitative estimate of drug-likeness (QED) is 0.888. The predicted octanol–water partition coefficient (Wildman–Crippen LogP) is 1.41. The lowest BCUT2D eigenvalue weighted by atomic mass is 9.87. The van der Waals surface area contributed by atoms with Crippen molar-refractivity contribution in [3.8, 4) is 11.5 Å². The first-order valence-electron chi connectivity index (χ1n) is 6.95. The summed E-state index contributed by atoms with van der Waals surface area (Å²) < 4.78 is 62.1. The van der Waals surface area contributed by atoms with Gasteiger partial charge in [0.1, 0.15) is 11.5 Å². The summed E-state index contributed by atoms with van der Waals surface area (Å²) in [5.74, 6) is -4.19. The van der Waals surface area contributed by atoms with E-state index in [1.807, 2.05) is 0 Å². The largest absolute Gasteiger partial charge is 0.495 e. The zero-order valence-electron chi connectivity index (χ0n) is 13.2. The van der Waals surface area contributed by atoms with E-state index >= 15 is 0 Å². The highest BCUT2D eigenvalue weighted by atomic mass is 32.2. The van der Waals surface area contributed by atoms with Gasteiger partial charge in [-0.05, 0) is 24.7 Å². The van der Waals surface area contributed by atoms with E-state index in [2.05, 4.69) is 0 Å². The van der Waals surface area contributed by atoms with Gasteiger partial charge in [0, 0.05) is 19.5 Å². The number of hydrogen-bond donors (Lipinski definition) is 1. The van der Waals surface area contributed by atoms with E-state index in [4.69, 9.17) is 14.6 Å². The van der Waals surface area contributed by atoms with E-state index in [1.54, 1.807) is 11.9 Å². The summed E-state index contributed by atoms with van der Waals surface area (Å²) in [7, 11) is 0.133. The molecule has 9 heteroatoms. The molecule has 1 fully saturated rings. The number of hydrogen-bond acceptors (Lipinski definition) is 5. The molecule has 1 unspecified atom stereocenters. The Kier molecular flexibility index (Phi) is 4.84. The van der Waals surface area contributed by atoms with Gasteiger partial charge in [0.15, 0.2) is 4.90 Å². The minimum Gasteiger partial charge on any atom is -0.495 e. The molecule has 0 aliphatic carbocycles. The van der Waals surface area contributed by atoms with Crippen molar-refractivity contribution in [1.82, 2.24) is 4.90 Å². The van der Waals surface area contributed by atoms with Gasteiger partial charge in [0.05, 0.1) is 20.1 Å². The maximum Gasteiger partial charge on any atom is 0.257 e. The van der Waals surface area contributed by atoms with Gasteiger partial charge in [0.2, 0.25) is 10.0 Å². The van der Waals surface area contributed by atoms with Crippen molar-refractivity contribution < 1.29 is 26.7 Å². The van der Waals surface area contributed by atoms with Crippen LogP contribution in [-0.4, -0.2) is 53.6 Å². The molecule has 1 aromatic rings. The second kappa shape index (κ2) is 6.21. The third-order valence-electron chi connectivity index (χ3n) is 4.00. The van der Waals surface area contributed by atoms with Crippen molar-refractivity contribution in [2.24, 2.45) is 5.14 Å². The fourth-order valence-corrected chi connectivity index (χ4v) is 3.63. The summed E-state index contributed by atoms with van der Waals surface area (Å²) >= 11 is 0. The van der Waals surface area contributed by atoms with E-state index in [9.17, 15) is 17.2 Å². The van der Waals surface area contributed by atoms with Crippen LogP contribution in [0.3, 0.4) is 0 Å². The Morgan fingerprint density at radius 1 is 1.26 bits per heavy atom. The number of ether oxygens (including phenoxy) is 2. The van der Waals surface area contributed by atoms with Crippen LogP contribution in [0, 0.1) is 0 Å². The average Bonchev–Trinajstić information content (AvgIpc) is 2.47. The molecular weight excluding hydrogens is 330 g/mol. The summed E-state index contributed by atoms with van der Waals surface area (Å²) in [4.78, 5) is 1.45. The van der Waals surface area contributed by atoms with Gasteiger partial charge in [0.25, 0.3) is 5.92 Å². The lowest BCUT2D eigenvalue weighted by Crippen LogP contribution is -2.43. The van der Waals surface area contributed by atoms with E-state index in [0.29, 0.717) is 6.54 Å². The second-order valence-corrected chi connectivity index (χ2v) is 7.12. The fraction of sp³-hybridized carbons (Fsp3) is 0.571. The van der Waals surface area contributed by atoms with Crippen LogP contribution in [0.15, 0.2) is 17.0 Å². The van der Waals surface area contributed by atoms with Crippen molar-refractivity contribution in [3.63, 3.8) is 0 Å². The van der Waals surface area contributed by atoms with Crippen molar-refractivity contribution in [1.29, 1.82) is 0 Å². The normalized spacial score (nSPS) is 21.9. The SMILES string of the molecule is COc1cc(C2CN(C)CCC2(F)F)cc(OC)c1S(N)(=O)=O. The van der Waals surface area contributed by atoms with Crippen LogP contribution < -0.4 is 14.6 Å². The molecular formula is C14H20F2N2O4S. The van der Waals surface area contributed by atoms with Crippen molar-refractivity contribution in [2.75, 3.05) is 34.4 Å². The van der Waals surface area contributed by atoms with E-state index in [-0.39, 0.29) is 34.9 Å². The molecule has 6 nitrogen and oxygen atoms in total. The molecule has 1 atom stereocenters. The van der Waals surface area contributed by atoms with E-state index in [1.165, 1.54) is 26.4 Å². The standard InChI is InChI=1S/C14H20F2N2O4S/c1-18-5-4-14(15,16)10(8-18)9-6-11(21-2)13(23(17,19)20)12(7-9)22-3/h6-7,10H,4-5,8H2,1-3H3,(H2,17,19,20). The number of benzene rings is 1. The van der Waals surface area contributed by atoms with Crippen LogP contribution in [0.2, 0.25) is 0 Å². The summed E-state index contributed by atoms with van der Waals surface area (Å²) in [6, 6.07) is 2.58. The number of rotatable bonds is 4. The van der Waals surface area contributed by atoms with Crippen molar-refractivity contribution in [2.45, 2.75) is 23.2 Å². The Bertz CT molecular complexity index is 669. The molecule has 1 saturated heterocycles. The van der Waals surface area contributed by atoms with Crippen molar-refractivity contribution in [3.05, 3.63) is 17.7 Å². The van der Waals surface area contributed by atoms with Crippen LogP contribution in [-0.2, 0) is 10.0 Å². The van der Waals surface area contributed by atoms with Gasteiger partial charge in [-0.1, -0.05) is 0 Å². The minimum absolute atomic E-state index is 0.106. The van der Waals surface area contributed by atoms with Gasteiger partial charge in [-0.15, -0.1) is 0 Å². The predicted molar refractivity (Wildman–Crippen MR) is 80.7 cm³/mol. The van der Waals surface area contributed by atoms with Gasteiger partial charge in [-0.3, -0.25) is 0 Å². The molecule has 0 saturated carbocycles. The Morgan fingerprint density at radius 2 is 1.78 bits per heavy atom. The summed E-state index contributed by atoms with van der Waals surface area (Å²) in [6.45, 7) is 0.445. The number of alkyl halides is 2. The van der Waals surface area contributed by atoms with Crippen LogP contribution in [0.4, 0.5) is 8.78 Å². The van der Waals surface area contributed by atoms with E-state index < -0.39 is 21.9 Å². The highest BCUT2D eigenvalue weighted by molar-refractivity contribution is 7.89.